The molecule has 0 spiro atoms. The smallest absolute Gasteiger partial charge is 0.416 e. The second-order valence-electron chi connectivity index (χ2n) is 15.4. The van der Waals surface area contributed by atoms with E-state index in [1.54, 1.807) is 11.0 Å². The van der Waals surface area contributed by atoms with Crippen molar-refractivity contribution in [3.8, 4) is 17.2 Å². The Morgan fingerprint density at radius 2 is 1.64 bits per heavy atom. The van der Waals surface area contributed by atoms with E-state index in [4.69, 9.17) is 9.47 Å². The van der Waals surface area contributed by atoms with Crippen LogP contribution in [-0.4, -0.2) is 84.6 Å². The Balaban J connectivity index is 0.804. The number of carbonyl (C=O) groups excluding carboxylic acids is 3. The fourth-order valence-electron chi connectivity index (χ4n) is 8.74. The zero-order valence-electron chi connectivity index (χ0n) is 31.8. The fraction of sp³-hybridized carbons (Fsp3) is 0.386. The van der Waals surface area contributed by atoms with Crippen LogP contribution in [0.2, 0.25) is 0 Å². The average Bonchev–Trinajstić information content (AvgIpc) is 3.53. The van der Waals surface area contributed by atoms with E-state index < -0.39 is 41.3 Å². The first kappa shape index (κ1) is 39.2. The van der Waals surface area contributed by atoms with Crippen LogP contribution in [0.1, 0.15) is 82.1 Å². The number of rotatable bonds is 11. The van der Waals surface area contributed by atoms with Gasteiger partial charge in [0.15, 0.2) is 0 Å². The summed E-state index contributed by atoms with van der Waals surface area (Å²) < 4.78 is 68.2. The summed E-state index contributed by atoms with van der Waals surface area (Å²) in [5.41, 5.74) is 2.85. The molecule has 14 heteroatoms. The van der Waals surface area contributed by atoms with Crippen LogP contribution in [0.25, 0.3) is 0 Å². The lowest BCUT2D eigenvalue weighted by Gasteiger charge is -2.36. The highest BCUT2D eigenvalue weighted by Crippen LogP contribution is 2.49. The number of carbonyl (C=O) groups is 3. The highest BCUT2D eigenvalue weighted by molar-refractivity contribution is 6.05. The Morgan fingerprint density at radius 1 is 0.862 bits per heavy atom. The molecule has 3 amide bonds. The van der Waals surface area contributed by atoms with E-state index in [1.807, 2.05) is 36.4 Å². The Hall–Kier alpha value is -5.63. The van der Waals surface area contributed by atoms with Gasteiger partial charge < -0.3 is 24.4 Å². The molecule has 3 atom stereocenters. The Labute approximate surface area is 333 Å². The molecule has 0 bridgehead atoms. The van der Waals surface area contributed by atoms with E-state index in [9.17, 15) is 37.1 Å². The van der Waals surface area contributed by atoms with Crippen molar-refractivity contribution in [2.24, 2.45) is 0 Å². The molecule has 4 heterocycles. The number of unbranched alkanes of at least 4 members (excludes halogenated alkanes) is 2. The van der Waals surface area contributed by atoms with Crippen molar-refractivity contribution in [2.75, 3.05) is 50.8 Å². The van der Waals surface area contributed by atoms with Crippen molar-refractivity contribution in [1.29, 1.82) is 0 Å². The van der Waals surface area contributed by atoms with Crippen molar-refractivity contribution >= 4 is 23.4 Å². The molecule has 4 aromatic carbocycles. The van der Waals surface area contributed by atoms with Gasteiger partial charge in [0, 0.05) is 73.9 Å². The largest absolute Gasteiger partial charge is 0.508 e. The van der Waals surface area contributed by atoms with Gasteiger partial charge in [-0.05, 0) is 97.4 Å². The van der Waals surface area contributed by atoms with Gasteiger partial charge in [0.1, 0.15) is 29.1 Å². The minimum Gasteiger partial charge on any atom is -0.508 e. The Bertz CT molecular complexity index is 2190. The topological polar surface area (TPSA) is 112 Å². The van der Waals surface area contributed by atoms with Gasteiger partial charge in [-0.25, -0.2) is 4.39 Å². The maximum Gasteiger partial charge on any atom is 0.416 e. The summed E-state index contributed by atoms with van der Waals surface area (Å²) in [7, 11) is 0. The number of fused-ring (bicyclic) bond motifs is 2. The van der Waals surface area contributed by atoms with E-state index in [1.165, 1.54) is 18.2 Å². The summed E-state index contributed by atoms with van der Waals surface area (Å²) in [4.78, 5) is 43.4. The molecule has 4 aliphatic rings. The van der Waals surface area contributed by atoms with Crippen LogP contribution in [0.15, 0.2) is 78.9 Å². The normalized spacial score (nSPS) is 21.0. The number of imide groups is 1. The highest BCUT2D eigenvalue weighted by atomic mass is 19.4. The summed E-state index contributed by atoms with van der Waals surface area (Å²) in [6.45, 7) is 5.31. The number of phenolic OH excluding ortho intramolecular Hbond substituents is 1. The molecule has 58 heavy (non-hydrogen) atoms. The SMILES string of the molecule is O=C1CCC(N2Cc3cc(N4CCN(CCCCCOc5ccc(C6c7ccc(O)cc7OC[C@@H]6c6ccc(F)cc6C(F)(F)F)cc5)CC4)ccc3C2=O)C(=O)N1. The van der Waals surface area contributed by atoms with Crippen molar-refractivity contribution < 1.29 is 46.5 Å². The van der Waals surface area contributed by atoms with Crippen LogP contribution >= 0.6 is 0 Å². The van der Waals surface area contributed by atoms with Crippen molar-refractivity contribution in [1.82, 2.24) is 15.1 Å². The number of piperazine rings is 1. The first-order chi connectivity index (χ1) is 27.9. The first-order valence-electron chi connectivity index (χ1n) is 19.7. The number of amides is 3. The molecule has 0 saturated carbocycles. The molecule has 8 rings (SSSR count). The molecule has 2 unspecified atom stereocenters. The van der Waals surface area contributed by atoms with Crippen LogP contribution in [0.5, 0.6) is 17.2 Å². The molecule has 2 saturated heterocycles. The third kappa shape index (κ3) is 8.20. The summed E-state index contributed by atoms with van der Waals surface area (Å²) in [6, 6.07) is 19.9. The van der Waals surface area contributed by atoms with Gasteiger partial charge in [-0.2, -0.15) is 13.2 Å². The maximum atomic E-state index is 14.1. The molecule has 304 valence electrons. The third-order valence-corrected chi connectivity index (χ3v) is 11.7. The minimum absolute atomic E-state index is 0.0184. The Kier molecular flexibility index (Phi) is 11.0. The summed E-state index contributed by atoms with van der Waals surface area (Å²) in [5.74, 6) is -2.16. The molecule has 0 aliphatic carbocycles. The summed E-state index contributed by atoms with van der Waals surface area (Å²) in [5, 5.41) is 12.4. The average molecular weight is 801 g/mol. The number of piperidine rings is 1. The van der Waals surface area contributed by atoms with Crippen LogP contribution in [0, 0.1) is 5.82 Å². The summed E-state index contributed by atoms with van der Waals surface area (Å²) in [6.07, 6.45) is -1.34. The number of phenols is 1. The first-order valence-corrected chi connectivity index (χ1v) is 19.7. The highest BCUT2D eigenvalue weighted by Gasteiger charge is 2.42. The van der Waals surface area contributed by atoms with Gasteiger partial charge in [-0.1, -0.05) is 24.3 Å². The molecular formula is C44H44F4N4O6. The second kappa shape index (κ2) is 16.3. The minimum atomic E-state index is -4.76. The van der Waals surface area contributed by atoms with Crippen LogP contribution in [0.3, 0.4) is 0 Å². The van der Waals surface area contributed by atoms with Gasteiger partial charge in [0.25, 0.3) is 5.91 Å². The van der Waals surface area contributed by atoms with Crippen molar-refractivity contribution in [2.45, 2.75) is 62.7 Å². The quantitative estimate of drug-likeness (QED) is 0.0950. The van der Waals surface area contributed by atoms with Crippen LogP contribution < -0.4 is 19.7 Å². The lowest BCUT2D eigenvalue weighted by Crippen LogP contribution is -2.52. The lowest BCUT2D eigenvalue weighted by atomic mass is 9.74. The third-order valence-electron chi connectivity index (χ3n) is 11.7. The molecule has 4 aromatic rings. The van der Waals surface area contributed by atoms with Gasteiger partial charge in [0.2, 0.25) is 11.8 Å². The van der Waals surface area contributed by atoms with Gasteiger partial charge in [-0.15, -0.1) is 0 Å². The molecule has 2 fully saturated rings. The van der Waals surface area contributed by atoms with Gasteiger partial charge in [0.05, 0.1) is 18.8 Å². The number of anilines is 1. The Morgan fingerprint density at radius 3 is 2.40 bits per heavy atom. The van der Waals surface area contributed by atoms with E-state index >= 15 is 0 Å². The van der Waals surface area contributed by atoms with E-state index in [0.29, 0.717) is 48.3 Å². The fourth-order valence-corrected chi connectivity index (χ4v) is 8.74. The molecular weight excluding hydrogens is 756 g/mol. The van der Waals surface area contributed by atoms with E-state index in [2.05, 4.69) is 21.2 Å². The standard InChI is InChI=1S/C44H44F4N4O6/c45-29-6-11-34(37(23-29)44(46,47)48)36-26-58-39-24-31(53)8-13-35(39)41(36)27-4-9-32(10-5-27)57-21-3-1-2-16-50-17-19-51(20-18-50)30-7-12-33-28(22-30)25-52(43(33)56)38-14-15-40(54)49-42(38)55/h4-13,22-24,36,38,41,53H,1-3,14-21,25-26H2,(H,49,54,55)/t36-,38?,41?/m1/s1. The predicted octanol–water partition coefficient (Wildman–Crippen LogP) is 6.99. The number of hydrogen-bond acceptors (Lipinski definition) is 8. The zero-order chi connectivity index (χ0) is 40.6. The number of aromatic hydroxyl groups is 1. The zero-order valence-corrected chi connectivity index (χ0v) is 31.8. The van der Waals surface area contributed by atoms with Gasteiger partial charge >= 0.3 is 6.18 Å². The van der Waals surface area contributed by atoms with E-state index in [-0.39, 0.29) is 36.2 Å². The van der Waals surface area contributed by atoms with Gasteiger partial charge in [-0.3, -0.25) is 24.6 Å². The predicted molar refractivity (Wildman–Crippen MR) is 207 cm³/mol. The lowest BCUT2D eigenvalue weighted by molar-refractivity contribution is -0.139. The molecule has 4 aliphatic heterocycles. The number of nitrogens with one attached hydrogen (secondary N) is 1. The number of nitrogens with zero attached hydrogens (tertiary/aromatic N) is 3. The van der Waals surface area contributed by atoms with E-state index in [0.717, 1.165) is 74.9 Å². The van der Waals surface area contributed by atoms with Crippen molar-refractivity contribution in [3.05, 3.63) is 118 Å². The number of halogens is 4. The molecule has 2 N–H and O–H groups in total. The maximum absolute atomic E-state index is 14.1. The molecule has 10 nitrogen and oxygen atoms in total. The molecule has 0 aromatic heterocycles. The second-order valence-corrected chi connectivity index (χ2v) is 15.4. The number of benzene rings is 4. The molecule has 0 radical (unpaired) electrons. The van der Waals surface area contributed by atoms with Crippen LogP contribution in [-0.2, 0) is 22.3 Å². The summed E-state index contributed by atoms with van der Waals surface area (Å²) >= 11 is 0. The van der Waals surface area contributed by atoms with Crippen molar-refractivity contribution in [3.63, 3.8) is 0 Å². The number of hydrogen-bond donors (Lipinski definition) is 2. The number of alkyl halides is 3. The number of ether oxygens (including phenoxy) is 2. The monoisotopic (exact) mass is 800 g/mol. The van der Waals surface area contributed by atoms with Crippen LogP contribution in [0.4, 0.5) is 23.2 Å².